The monoisotopic (exact) mass is 414 g/mol. The highest BCUT2D eigenvalue weighted by Gasteiger charge is 2.18. The Morgan fingerprint density at radius 1 is 1.14 bits per heavy atom. The molecule has 0 unspecified atom stereocenters. The Hall–Kier alpha value is -2.87. The van der Waals surface area contributed by atoms with Crippen molar-refractivity contribution in [1.82, 2.24) is 0 Å². The molecule has 7 nitrogen and oxygen atoms in total. The van der Waals surface area contributed by atoms with E-state index in [2.05, 4.69) is 17.4 Å². The van der Waals surface area contributed by atoms with Gasteiger partial charge in [-0.3, -0.25) is 19.7 Å². The van der Waals surface area contributed by atoms with Gasteiger partial charge in [-0.05, 0) is 73.6 Å². The number of esters is 1. The molecule has 2 aromatic rings. The van der Waals surface area contributed by atoms with Crippen molar-refractivity contribution in [3.05, 3.63) is 62.7 Å². The molecular weight excluding hydrogens is 392 g/mol. The Bertz CT molecular complexity index is 974. The maximum absolute atomic E-state index is 12.1. The van der Waals surface area contributed by atoms with E-state index < -0.39 is 23.4 Å². The van der Waals surface area contributed by atoms with Crippen LogP contribution in [0.1, 0.15) is 28.7 Å². The third-order valence-corrected chi connectivity index (χ3v) is 5.84. The molecule has 0 heterocycles. The van der Waals surface area contributed by atoms with Gasteiger partial charge in [-0.25, -0.2) is 0 Å². The van der Waals surface area contributed by atoms with Gasteiger partial charge >= 0.3 is 5.97 Å². The van der Waals surface area contributed by atoms with Gasteiger partial charge in [0.1, 0.15) is 5.69 Å². The van der Waals surface area contributed by atoms with E-state index in [0.717, 1.165) is 28.9 Å². The third-order valence-electron chi connectivity index (χ3n) is 4.87. The van der Waals surface area contributed by atoms with E-state index in [1.165, 1.54) is 41.4 Å². The van der Waals surface area contributed by atoms with E-state index in [1.807, 2.05) is 6.07 Å². The molecule has 0 saturated carbocycles. The van der Waals surface area contributed by atoms with E-state index in [9.17, 15) is 19.7 Å². The molecule has 1 amide bonds. The summed E-state index contributed by atoms with van der Waals surface area (Å²) in [4.78, 5) is 35.7. The van der Waals surface area contributed by atoms with Crippen LogP contribution >= 0.6 is 11.8 Å². The quantitative estimate of drug-likeness (QED) is 0.319. The van der Waals surface area contributed by atoms with Crippen molar-refractivity contribution in [3.8, 4) is 0 Å². The standard InChI is InChI=1S/C21H22N2O5S/c1-13-8-18(19(23(26)27)9-14(13)2)22-20(24)11-28-21(25)12-29-17-7-6-15-4-3-5-16(15)10-17/h6-10H,3-5,11-12H2,1-2H3,(H,22,24). The van der Waals surface area contributed by atoms with E-state index in [0.29, 0.717) is 0 Å². The fourth-order valence-electron chi connectivity index (χ4n) is 3.21. The Balaban J connectivity index is 1.50. The number of amides is 1. The summed E-state index contributed by atoms with van der Waals surface area (Å²) in [6.07, 6.45) is 3.34. The Kier molecular flexibility index (Phi) is 6.53. The number of carbonyl (C=O) groups is 2. The molecule has 0 aromatic heterocycles. The highest BCUT2D eigenvalue weighted by molar-refractivity contribution is 8.00. The summed E-state index contributed by atoms with van der Waals surface area (Å²) < 4.78 is 5.00. The minimum absolute atomic E-state index is 0.0895. The minimum atomic E-state index is -0.618. The molecule has 0 bridgehead atoms. The van der Waals surface area contributed by atoms with Crippen LogP contribution in [0.3, 0.4) is 0 Å². The Morgan fingerprint density at radius 2 is 1.86 bits per heavy atom. The van der Waals surface area contributed by atoms with Crippen LogP contribution in [0.5, 0.6) is 0 Å². The molecule has 0 aliphatic heterocycles. The number of nitrogens with zero attached hydrogens (tertiary/aromatic N) is 1. The minimum Gasteiger partial charge on any atom is -0.455 e. The molecule has 1 aliphatic rings. The summed E-state index contributed by atoms with van der Waals surface area (Å²) in [7, 11) is 0. The fourth-order valence-corrected chi connectivity index (χ4v) is 3.96. The lowest BCUT2D eigenvalue weighted by Gasteiger charge is -2.09. The van der Waals surface area contributed by atoms with E-state index in [4.69, 9.17) is 4.74 Å². The normalized spacial score (nSPS) is 12.3. The van der Waals surface area contributed by atoms with Crippen LogP contribution in [0.25, 0.3) is 0 Å². The molecule has 0 fully saturated rings. The Morgan fingerprint density at radius 3 is 2.62 bits per heavy atom. The number of carbonyl (C=O) groups excluding carboxylic acids is 2. The first-order valence-corrected chi connectivity index (χ1v) is 10.3. The number of thioether (sulfide) groups is 1. The van der Waals surface area contributed by atoms with Gasteiger partial charge in [-0.15, -0.1) is 11.8 Å². The second-order valence-electron chi connectivity index (χ2n) is 6.99. The number of aryl methyl sites for hydroxylation is 4. The number of ether oxygens (including phenoxy) is 1. The van der Waals surface area contributed by atoms with Gasteiger partial charge in [0.15, 0.2) is 6.61 Å². The lowest BCUT2D eigenvalue weighted by molar-refractivity contribution is -0.384. The SMILES string of the molecule is Cc1cc(NC(=O)COC(=O)CSc2ccc3c(c2)CCC3)c([N+](=O)[O-])cc1C. The van der Waals surface area contributed by atoms with Crippen molar-refractivity contribution in [2.24, 2.45) is 0 Å². The number of benzene rings is 2. The number of fused-ring (bicyclic) bond motifs is 1. The van der Waals surface area contributed by atoms with E-state index in [1.54, 1.807) is 13.8 Å². The van der Waals surface area contributed by atoms with Crippen LogP contribution in [0.4, 0.5) is 11.4 Å². The zero-order valence-electron chi connectivity index (χ0n) is 16.3. The summed E-state index contributed by atoms with van der Waals surface area (Å²) in [5, 5.41) is 13.6. The van der Waals surface area contributed by atoms with Gasteiger partial charge in [0, 0.05) is 11.0 Å². The topological polar surface area (TPSA) is 98.5 Å². The Labute approximate surface area is 173 Å². The molecule has 0 radical (unpaired) electrons. The zero-order valence-corrected chi connectivity index (χ0v) is 17.1. The van der Waals surface area contributed by atoms with Gasteiger partial charge in [-0.2, -0.15) is 0 Å². The maximum atomic E-state index is 12.1. The predicted octanol–water partition coefficient (Wildman–Crippen LogP) is 3.97. The number of anilines is 1. The summed E-state index contributed by atoms with van der Waals surface area (Å²) in [5.41, 5.74) is 4.16. The van der Waals surface area contributed by atoms with E-state index >= 15 is 0 Å². The van der Waals surface area contributed by atoms with Crippen molar-refractivity contribution in [3.63, 3.8) is 0 Å². The van der Waals surface area contributed by atoms with Crippen LogP contribution in [-0.4, -0.2) is 29.2 Å². The molecule has 3 rings (SSSR count). The third kappa shape index (κ3) is 5.35. The fraction of sp³-hybridized carbons (Fsp3) is 0.333. The summed E-state index contributed by atoms with van der Waals surface area (Å²) in [6.45, 7) is 3.06. The lowest BCUT2D eigenvalue weighted by atomic mass is 10.1. The van der Waals surface area contributed by atoms with Crippen molar-refractivity contribution >= 4 is 35.0 Å². The number of nitrogens with one attached hydrogen (secondary N) is 1. The first kappa shape index (κ1) is 20.9. The van der Waals surface area contributed by atoms with Crippen molar-refractivity contribution in [2.75, 3.05) is 17.7 Å². The molecule has 1 aliphatic carbocycles. The summed E-state index contributed by atoms with van der Waals surface area (Å²) in [5.74, 6) is -1.04. The second kappa shape index (κ2) is 9.09. The first-order chi connectivity index (χ1) is 13.8. The second-order valence-corrected chi connectivity index (χ2v) is 8.04. The molecule has 2 aromatic carbocycles. The molecule has 152 valence electrons. The number of nitro groups is 1. The maximum Gasteiger partial charge on any atom is 0.316 e. The average Bonchev–Trinajstić information content (AvgIpc) is 3.15. The van der Waals surface area contributed by atoms with Gasteiger partial charge in [0.05, 0.1) is 10.7 Å². The molecule has 0 atom stereocenters. The van der Waals surface area contributed by atoms with Crippen molar-refractivity contribution in [2.45, 2.75) is 38.0 Å². The van der Waals surface area contributed by atoms with Crippen LogP contribution < -0.4 is 5.32 Å². The van der Waals surface area contributed by atoms with Crippen LogP contribution in [-0.2, 0) is 27.2 Å². The summed E-state index contributed by atoms with van der Waals surface area (Å²) >= 11 is 1.36. The largest absolute Gasteiger partial charge is 0.455 e. The highest BCUT2D eigenvalue weighted by atomic mass is 32.2. The van der Waals surface area contributed by atoms with Crippen LogP contribution in [0, 0.1) is 24.0 Å². The van der Waals surface area contributed by atoms with Gasteiger partial charge < -0.3 is 10.1 Å². The first-order valence-electron chi connectivity index (χ1n) is 9.29. The molecule has 1 N–H and O–H groups in total. The highest BCUT2D eigenvalue weighted by Crippen LogP contribution is 2.29. The lowest BCUT2D eigenvalue weighted by Crippen LogP contribution is -2.22. The van der Waals surface area contributed by atoms with E-state index in [-0.39, 0.29) is 17.1 Å². The summed E-state index contributed by atoms with van der Waals surface area (Å²) in [6, 6.07) is 9.14. The molecule has 8 heteroatoms. The smallest absolute Gasteiger partial charge is 0.316 e. The predicted molar refractivity (Wildman–Crippen MR) is 111 cm³/mol. The molecule has 0 spiro atoms. The van der Waals surface area contributed by atoms with Gasteiger partial charge in [-0.1, -0.05) is 6.07 Å². The zero-order chi connectivity index (χ0) is 21.0. The van der Waals surface area contributed by atoms with Crippen LogP contribution in [0.2, 0.25) is 0 Å². The molecular formula is C21H22N2O5S. The van der Waals surface area contributed by atoms with Crippen LogP contribution in [0.15, 0.2) is 35.2 Å². The average molecular weight is 414 g/mol. The van der Waals surface area contributed by atoms with Crippen molar-refractivity contribution in [1.29, 1.82) is 0 Å². The molecule has 29 heavy (non-hydrogen) atoms. The number of nitro benzene ring substituents is 1. The van der Waals surface area contributed by atoms with Gasteiger partial charge in [0.2, 0.25) is 0 Å². The van der Waals surface area contributed by atoms with Gasteiger partial charge in [0.25, 0.3) is 11.6 Å². The van der Waals surface area contributed by atoms with Crippen molar-refractivity contribution < 1.29 is 19.2 Å². The molecule has 0 saturated heterocycles. The number of rotatable bonds is 7. The number of hydrogen-bond acceptors (Lipinski definition) is 6. The number of hydrogen-bond donors (Lipinski definition) is 1.